The number of rotatable bonds is 4. The minimum atomic E-state index is -0.929. The largest absolute Gasteiger partial charge is 0.353 e. The Morgan fingerprint density at radius 3 is 2.41 bits per heavy atom. The molecule has 3 aliphatic rings. The van der Waals surface area contributed by atoms with E-state index < -0.39 is 17.6 Å². The lowest BCUT2D eigenvalue weighted by molar-refractivity contribution is -0.143. The number of benzene rings is 1. The summed E-state index contributed by atoms with van der Waals surface area (Å²) in [6.45, 7) is 2.88. The van der Waals surface area contributed by atoms with Gasteiger partial charge in [-0.25, -0.2) is 4.39 Å². The Balaban J connectivity index is 1.60. The number of carbonyl (C=O) groups excluding carboxylic acids is 3. The minimum absolute atomic E-state index is 0.0669. The van der Waals surface area contributed by atoms with Crippen LogP contribution in [-0.2, 0) is 14.3 Å². The van der Waals surface area contributed by atoms with Crippen LogP contribution in [0.4, 0.5) is 4.39 Å². The Kier molecular flexibility index (Phi) is 5.29. The monoisotopic (exact) mass is 403 g/mol. The van der Waals surface area contributed by atoms with Gasteiger partial charge in [0, 0.05) is 44.0 Å². The average Bonchev–Trinajstić information content (AvgIpc) is 3.47. The quantitative estimate of drug-likeness (QED) is 0.830. The number of carbonyl (C=O) groups is 3. The normalized spacial score (nSPS) is 23.3. The highest BCUT2D eigenvalue weighted by atomic mass is 19.1. The predicted molar refractivity (Wildman–Crippen MR) is 102 cm³/mol. The summed E-state index contributed by atoms with van der Waals surface area (Å²) >= 11 is 0. The van der Waals surface area contributed by atoms with Crippen LogP contribution in [0.1, 0.15) is 49.4 Å². The van der Waals surface area contributed by atoms with Crippen molar-refractivity contribution in [3.63, 3.8) is 0 Å². The first-order chi connectivity index (χ1) is 13.9. The van der Waals surface area contributed by atoms with Gasteiger partial charge in [0.25, 0.3) is 5.91 Å². The number of likely N-dealkylation sites (tertiary alicyclic amines) is 1. The molecule has 1 aromatic rings. The zero-order valence-corrected chi connectivity index (χ0v) is 16.5. The van der Waals surface area contributed by atoms with E-state index in [4.69, 9.17) is 4.74 Å². The summed E-state index contributed by atoms with van der Waals surface area (Å²) < 4.78 is 19.4. The van der Waals surface area contributed by atoms with Crippen LogP contribution in [0.5, 0.6) is 0 Å². The van der Waals surface area contributed by atoms with Gasteiger partial charge in [0.15, 0.2) is 0 Å². The maximum absolute atomic E-state index is 13.4. The van der Waals surface area contributed by atoms with Gasteiger partial charge in [-0.15, -0.1) is 0 Å². The van der Waals surface area contributed by atoms with Gasteiger partial charge in [-0.1, -0.05) is 6.92 Å². The van der Waals surface area contributed by atoms with Crippen molar-refractivity contribution in [2.24, 2.45) is 0 Å². The highest BCUT2D eigenvalue weighted by Crippen LogP contribution is 2.39. The third kappa shape index (κ3) is 3.85. The Bertz CT molecular complexity index is 801. The lowest BCUT2D eigenvalue weighted by atomic mass is 9.96. The standard InChI is InChI=1S/C21H26FN3O4/c1-2-18(26)24-11-9-21(10-12-24)25(20(28)14-3-5-15(22)6-4-14)17(13-29-21)19(27)23-16-7-8-16/h3-6,16-17H,2,7-13H2,1H3,(H,23,27). The van der Waals surface area contributed by atoms with Crippen molar-refractivity contribution in [3.05, 3.63) is 35.6 Å². The molecule has 29 heavy (non-hydrogen) atoms. The number of nitrogens with one attached hydrogen (secondary N) is 1. The molecule has 1 unspecified atom stereocenters. The van der Waals surface area contributed by atoms with Gasteiger partial charge in [0.1, 0.15) is 17.6 Å². The molecule has 3 fully saturated rings. The molecule has 2 aliphatic heterocycles. The second kappa shape index (κ2) is 7.74. The van der Waals surface area contributed by atoms with Crippen molar-refractivity contribution in [1.29, 1.82) is 0 Å². The first kappa shape index (κ1) is 19.8. The van der Waals surface area contributed by atoms with E-state index in [0.29, 0.717) is 37.9 Å². The van der Waals surface area contributed by atoms with Crippen molar-refractivity contribution in [2.45, 2.75) is 56.8 Å². The average molecular weight is 403 g/mol. The van der Waals surface area contributed by atoms with Crippen molar-refractivity contribution in [2.75, 3.05) is 19.7 Å². The molecule has 7 nitrogen and oxygen atoms in total. The number of halogens is 1. The van der Waals surface area contributed by atoms with Crippen molar-refractivity contribution in [3.8, 4) is 0 Å². The third-order valence-corrected chi connectivity index (χ3v) is 6.00. The number of hydrogen-bond acceptors (Lipinski definition) is 4. The maximum atomic E-state index is 13.4. The lowest BCUT2D eigenvalue weighted by Gasteiger charge is -2.44. The van der Waals surface area contributed by atoms with Crippen molar-refractivity contribution < 1.29 is 23.5 Å². The van der Waals surface area contributed by atoms with Crippen molar-refractivity contribution >= 4 is 17.7 Å². The molecule has 4 rings (SSSR count). The van der Waals surface area contributed by atoms with Gasteiger partial charge >= 0.3 is 0 Å². The molecule has 0 aromatic heterocycles. The molecule has 2 heterocycles. The second-order valence-corrected chi connectivity index (χ2v) is 7.97. The van der Waals surface area contributed by atoms with Gasteiger partial charge in [-0.3, -0.25) is 19.3 Å². The summed E-state index contributed by atoms with van der Waals surface area (Å²) in [7, 11) is 0. The Hall–Kier alpha value is -2.48. The molecule has 1 spiro atoms. The van der Waals surface area contributed by atoms with Crippen LogP contribution in [0.15, 0.2) is 24.3 Å². The molecular formula is C21H26FN3O4. The molecule has 1 aliphatic carbocycles. The zero-order valence-electron chi connectivity index (χ0n) is 16.5. The van der Waals surface area contributed by atoms with Gasteiger partial charge in [0.2, 0.25) is 11.8 Å². The summed E-state index contributed by atoms with van der Waals surface area (Å²) in [4.78, 5) is 41.6. The molecule has 0 radical (unpaired) electrons. The molecule has 8 heteroatoms. The van der Waals surface area contributed by atoms with Crippen LogP contribution in [-0.4, -0.2) is 65.0 Å². The number of amides is 3. The molecule has 156 valence electrons. The highest BCUT2D eigenvalue weighted by molar-refractivity contribution is 5.98. The maximum Gasteiger partial charge on any atom is 0.256 e. The predicted octanol–water partition coefficient (Wildman–Crippen LogP) is 1.67. The van der Waals surface area contributed by atoms with E-state index in [1.807, 2.05) is 6.92 Å². The Labute approximate surface area is 169 Å². The van der Waals surface area contributed by atoms with E-state index in [1.54, 1.807) is 4.90 Å². The summed E-state index contributed by atoms with van der Waals surface area (Å²) in [5.74, 6) is -0.929. The summed E-state index contributed by atoms with van der Waals surface area (Å²) in [5.41, 5.74) is -0.616. The molecular weight excluding hydrogens is 377 g/mol. The minimum Gasteiger partial charge on any atom is -0.353 e. The van der Waals surface area contributed by atoms with E-state index >= 15 is 0 Å². The van der Waals surface area contributed by atoms with Crippen LogP contribution in [0.2, 0.25) is 0 Å². The smallest absolute Gasteiger partial charge is 0.256 e. The van der Waals surface area contributed by atoms with E-state index in [-0.39, 0.29) is 30.4 Å². The number of nitrogens with zero attached hydrogens (tertiary/aromatic N) is 2. The summed E-state index contributed by atoms with van der Waals surface area (Å²) in [5, 5.41) is 2.96. The molecule has 2 saturated heterocycles. The highest BCUT2D eigenvalue weighted by Gasteiger charge is 2.54. The van der Waals surface area contributed by atoms with Crippen molar-refractivity contribution in [1.82, 2.24) is 15.1 Å². The fourth-order valence-corrected chi connectivity index (χ4v) is 4.15. The molecule has 3 amide bonds. The first-order valence-corrected chi connectivity index (χ1v) is 10.2. The molecule has 1 atom stereocenters. The molecule has 1 N–H and O–H groups in total. The third-order valence-electron chi connectivity index (χ3n) is 6.00. The first-order valence-electron chi connectivity index (χ1n) is 10.2. The van der Waals surface area contributed by atoms with E-state index in [9.17, 15) is 18.8 Å². The Morgan fingerprint density at radius 2 is 1.83 bits per heavy atom. The molecule has 1 saturated carbocycles. The molecule has 0 bridgehead atoms. The fraction of sp³-hybridized carbons (Fsp3) is 0.571. The number of ether oxygens (including phenoxy) is 1. The lowest BCUT2D eigenvalue weighted by Crippen LogP contribution is -2.60. The second-order valence-electron chi connectivity index (χ2n) is 7.97. The Morgan fingerprint density at radius 1 is 1.17 bits per heavy atom. The number of piperidine rings is 1. The van der Waals surface area contributed by atoms with Crippen LogP contribution in [0.25, 0.3) is 0 Å². The van der Waals surface area contributed by atoms with E-state index in [1.165, 1.54) is 29.2 Å². The van der Waals surface area contributed by atoms with Gasteiger partial charge < -0.3 is 15.0 Å². The summed E-state index contributed by atoms with van der Waals surface area (Å²) in [6.07, 6.45) is 3.21. The fourth-order valence-electron chi connectivity index (χ4n) is 4.15. The topological polar surface area (TPSA) is 79.0 Å². The number of hydrogen-bond donors (Lipinski definition) is 1. The van der Waals surface area contributed by atoms with Crippen LogP contribution >= 0.6 is 0 Å². The van der Waals surface area contributed by atoms with Crippen LogP contribution in [0.3, 0.4) is 0 Å². The summed E-state index contributed by atoms with van der Waals surface area (Å²) in [6, 6.07) is 4.76. The molecule has 1 aromatic carbocycles. The van der Waals surface area contributed by atoms with Crippen LogP contribution in [0, 0.1) is 5.82 Å². The van der Waals surface area contributed by atoms with Gasteiger partial charge in [-0.05, 0) is 37.1 Å². The van der Waals surface area contributed by atoms with E-state index in [2.05, 4.69) is 5.32 Å². The van der Waals surface area contributed by atoms with E-state index in [0.717, 1.165) is 12.8 Å². The van der Waals surface area contributed by atoms with Gasteiger partial charge in [-0.2, -0.15) is 0 Å². The zero-order chi connectivity index (χ0) is 20.6. The SMILES string of the molecule is CCC(=O)N1CCC2(CC1)OCC(C(=O)NC1CC1)N2C(=O)c1ccc(F)cc1. The van der Waals surface area contributed by atoms with Crippen LogP contribution < -0.4 is 5.32 Å². The van der Waals surface area contributed by atoms with Gasteiger partial charge in [0.05, 0.1) is 6.61 Å².